The zero-order chi connectivity index (χ0) is 12.7. The normalized spacial score (nSPS) is 22.5. The number of aliphatic carboxylic acids is 1. The van der Waals surface area contributed by atoms with E-state index in [1.165, 1.54) is 0 Å². The molecule has 1 amide bonds. The maximum atomic E-state index is 11.7. The Morgan fingerprint density at radius 2 is 2.12 bits per heavy atom. The van der Waals surface area contributed by atoms with Crippen molar-refractivity contribution in [2.24, 2.45) is 0 Å². The molecule has 1 fully saturated rings. The van der Waals surface area contributed by atoms with Gasteiger partial charge in [-0.05, 0) is 19.4 Å². The molecule has 0 spiro atoms. The lowest BCUT2D eigenvalue weighted by Gasteiger charge is -2.15. The molecular weight excluding hydrogens is 224 g/mol. The molecule has 0 bridgehead atoms. The lowest BCUT2D eigenvalue weighted by atomic mass is 10.1. The zero-order valence-corrected chi connectivity index (χ0v) is 9.82. The summed E-state index contributed by atoms with van der Waals surface area (Å²) in [6.45, 7) is 1.03. The summed E-state index contributed by atoms with van der Waals surface area (Å²) in [4.78, 5) is 22.0. The Balaban J connectivity index is 2.21. The summed E-state index contributed by atoms with van der Waals surface area (Å²) in [5.74, 6) is -1.36. The molecule has 0 radical (unpaired) electrons. The van der Waals surface area contributed by atoms with Crippen molar-refractivity contribution in [3.05, 3.63) is 0 Å². The van der Waals surface area contributed by atoms with Gasteiger partial charge >= 0.3 is 5.97 Å². The van der Waals surface area contributed by atoms with Gasteiger partial charge in [0.15, 0.2) is 6.10 Å². The van der Waals surface area contributed by atoms with Gasteiger partial charge in [0.25, 0.3) is 0 Å². The third kappa shape index (κ3) is 5.14. The Hall–Kier alpha value is -1.14. The van der Waals surface area contributed by atoms with E-state index in [2.05, 4.69) is 10.6 Å². The first-order chi connectivity index (χ1) is 8.11. The molecule has 2 unspecified atom stereocenters. The number of amides is 1. The first kappa shape index (κ1) is 13.9. The third-order valence-corrected chi connectivity index (χ3v) is 2.88. The molecule has 1 saturated heterocycles. The number of hydrogen-bond donors (Lipinski definition) is 4. The van der Waals surface area contributed by atoms with Crippen molar-refractivity contribution in [3.8, 4) is 0 Å². The van der Waals surface area contributed by atoms with E-state index in [0.717, 1.165) is 32.2 Å². The molecule has 2 atom stereocenters. The highest BCUT2D eigenvalue weighted by Crippen LogP contribution is 2.08. The maximum Gasteiger partial charge on any atom is 0.332 e. The van der Waals surface area contributed by atoms with E-state index >= 15 is 0 Å². The van der Waals surface area contributed by atoms with Crippen LogP contribution in [0.5, 0.6) is 0 Å². The molecule has 98 valence electrons. The third-order valence-electron chi connectivity index (χ3n) is 2.88. The Kier molecular flexibility index (Phi) is 5.93. The van der Waals surface area contributed by atoms with Crippen molar-refractivity contribution in [3.63, 3.8) is 0 Å². The first-order valence-corrected chi connectivity index (χ1v) is 6.03. The molecule has 0 aliphatic carbocycles. The van der Waals surface area contributed by atoms with Crippen LogP contribution in [0.4, 0.5) is 0 Å². The molecule has 6 heteroatoms. The summed E-state index contributed by atoms with van der Waals surface area (Å²) >= 11 is 0. The minimum absolute atomic E-state index is 0.0355. The second-order valence-electron chi connectivity index (χ2n) is 4.29. The average molecular weight is 244 g/mol. The Bertz CT molecular complexity index is 262. The highest BCUT2D eigenvalue weighted by molar-refractivity contribution is 5.81. The van der Waals surface area contributed by atoms with Crippen molar-refractivity contribution < 1.29 is 19.8 Å². The van der Waals surface area contributed by atoms with Gasteiger partial charge in [-0.15, -0.1) is 0 Å². The molecule has 6 nitrogen and oxygen atoms in total. The lowest BCUT2D eigenvalue weighted by molar-refractivity contribution is -0.147. The molecular formula is C11H20N2O4. The van der Waals surface area contributed by atoms with Gasteiger partial charge < -0.3 is 20.8 Å². The molecule has 0 aromatic heterocycles. The smallest absolute Gasteiger partial charge is 0.332 e. The maximum absolute atomic E-state index is 11.7. The number of rotatable bonds is 5. The van der Waals surface area contributed by atoms with Crippen molar-refractivity contribution in [2.45, 2.75) is 44.2 Å². The van der Waals surface area contributed by atoms with Gasteiger partial charge in [-0.2, -0.15) is 0 Å². The minimum atomic E-state index is -1.41. The van der Waals surface area contributed by atoms with Crippen molar-refractivity contribution >= 4 is 11.9 Å². The second-order valence-corrected chi connectivity index (χ2v) is 4.29. The Morgan fingerprint density at radius 1 is 1.35 bits per heavy atom. The van der Waals surface area contributed by atoms with E-state index in [-0.39, 0.29) is 24.9 Å². The fourth-order valence-corrected chi connectivity index (χ4v) is 1.83. The number of carbonyl (C=O) groups excluding carboxylic acids is 1. The molecule has 0 aromatic carbocycles. The van der Waals surface area contributed by atoms with Crippen LogP contribution >= 0.6 is 0 Å². The van der Waals surface area contributed by atoms with E-state index in [1.807, 2.05) is 0 Å². The van der Waals surface area contributed by atoms with Gasteiger partial charge in [0.2, 0.25) is 5.91 Å². The van der Waals surface area contributed by atoms with Gasteiger partial charge in [0, 0.05) is 13.0 Å². The quantitative estimate of drug-likeness (QED) is 0.521. The SMILES string of the molecule is O=C(O)C(O)CCNC(=O)C1CCCCCN1. The molecule has 4 N–H and O–H groups in total. The van der Waals surface area contributed by atoms with Crippen LogP contribution in [-0.4, -0.2) is 47.3 Å². The van der Waals surface area contributed by atoms with Crippen LogP contribution < -0.4 is 10.6 Å². The van der Waals surface area contributed by atoms with E-state index in [0.29, 0.717) is 0 Å². The van der Waals surface area contributed by atoms with Crippen molar-refractivity contribution in [1.29, 1.82) is 0 Å². The fourth-order valence-electron chi connectivity index (χ4n) is 1.83. The van der Waals surface area contributed by atoms with E-state index in [9.17, 15) is 9.59 Å². The van der Waals surface area contributed by atoms with Crippen molar-refractivity contribution in [1.82, 2.24) is 10.6 Å². The topological polar surface area (TPSA) is 98.7 Å². The van der Waals surface area contributed by atoms with E-state index in [4.69, 9.17) is 10.2 Å². The molecule has 1 aliphatic heterocycles. The number of carbonyl (C=O) groups is 2. The van der Waals surface area contributed by atoms with Crippen LogP contribution in [0.3, 0.4) is 0 Å². The Morgan fingerprint density at radius 3 is 2.82 bits per heavy atom. The van der Waals surface area contributed by atoms with Gasteiger partial charge in [-0.25, -0.2) is 4.79 Å². The number of nitrogens with one attached hydrogen (secondary N) is 2. The zero-order valence-electron chi connectivity index (χ0n) is 9.82. The Labute approximate surface area is 100 Å². The summed E-state index contributed by atoms with van der Waals surface area (Å²) in [7, 11) is 0. The summed E-state index contributed by atoms with van der Waals surface area (Å²) in [6.07, 6.45) is 2.69. The largest absolute Gasteiger partial charge is 0.479 e. The molecule has 17 heavy (non-hydrogen) atoms. The highest BCUT2D eigenvalue weighted by atomic mass is 16.4. The standard InChI is InChI=1S/C11H20N2O4/c14-9(11(16)17)5-7-13-10(15)8-4-2-1-3-6-12-8/h8-9,12,14H,1-7H2,(H,13,15)(H,16,17). The average Bonchev–Trinajstić information content (AvgIpc) is 2.57. The molecule has 1 aliphatic rings. The number of hydrogen-bond acceptors (Lipinski definition) is 4. The van der Waals surface area contributed by atoms with Crippen LogP contribution in [0.1, 0.15) is 32.1 Å². The minimum Gasteiger partial charge on any atom is -0.479 e. The lowest BCUT2D eigenvalue weighted by Crippen LogP contribution is -2.44. The van der Waals surface area contributed by atoms with Crippen LogP contribution in [-0.2, 0) is 9.59 Å². The van der Waals surface area contributed by atoms with Crippen LogP contribution in [0, 0.1) is 0 Å². The summed E-state index contributed by atoms with van der Waals surface area (Å²) in [5, 5.41) is 23.3. The predicted octanol–water partition coefficient (Wildman–Crippen LogP) is -0.530. The summed E-state index contributed by atoms with van der Waals surface area (Å²) in [5.41, 5.74) is 0. The van der Waals surface area contributed by atoms with Crippen LogP contribution in [0.2, 0.25) is 0 Å². The number of carboxylic acid groups (broad SMARTS) is 1. The van der Waals surface area contributed by atoms with Gasteiger partial charge in [0.1, 0.15) is 0 Å². The fraction of sp³-hybridized carbons (Fsp3) is 0.818. The first-order valence-electron chi connectivity index (χ1n) is 6.03. The van der Waals surface area contributed by atoms with Gasteiger partial charge in [-0.1, -0.05) is 12.8 Å². The van der Waals surface area contributed by atoms with Crippen molar-refractivity contribution in [2.75, 3.05) is 13.1 Å². The molecule has 0 saturated carbocycles. The molecule has 0 aromatic rings. The summed E-state index contributed by atoms with van der Waals surface area (Å²) in [6, 6.07) is -0.181. The molecule has 1 rings (SSSR count). The van der Waals surface area contributed by atoms with Gasteiger partial charge in [-0.3, -0.25) is 4.79 Å². The monoisotopic (exact) mass is 244 g/mol. The summed E-state index contributed by atoms with van der Waals surface area (Å²) < 4.78 is 0. The van der Waals surface area contributed by atoms with E-state index < -0.39 is 12.1 Å². The number of aliphatic hydroxyl groups excluding tert-OH is 1. The highest BCUT2D eigenvalue weighted by Gasteiger charge is 2.19. The number of aliphatic hydroxyl groups is 1. The second kappa shape index (κ2) is 7.24. The van der Waals surface area contributed by atoms with E-state index in [1.54, 1.807) is 0 Å². The van der Waals surface area contributed by atoms with Crippen LogP contribution in [0.25, 0.3) is 0 Å². The predicted molar refractivity (Wildman–Crippen MR) is 61.5 cm³/mol. The number of carboxylic acids is 1. The van der Waals surface area contributed by atoms with Crippen LogP contribution in [0.15, 0.2) is 0 Å². The van der Waals surface area contributed by atoms with Gasteiger partial charge in [0.05, 0.1) is 6.04 Å². The molecule has 1 heterocycles.